The Morgan fingerprint density at radius 3 is 1.65 bits per heavy atom. The van der Waals surface area contributed by atoms with Crippen LogP contribution in [0, 0.1) is 79.8 Å². The molecular formula is C75H99F3O18. The van der Waals surface area contributed by atoms with E-state index in [9.17, 15) is 64.2 Å². The largest absolute Gasteiger partial charge is 0.450 e. The van der Waals surface area contributed by atoms with Gasteiger partial charge in [0.05, 0.1) is 30.5 Å². The van der Waals surface area contributed by atoms with E-state index in [1.54, 1.807) is 59.8 Å². The Labute approximate surface area is 559 Å². The topological polar surface area (TPSA) is 287 Å². The van der Waals surface area contributed by atoms with Crippen molar-refractivity contribution < 1.29 is 101 Å². The fourth-order valence-electron chi connectivity index (χ4n) is 24.0. The minimum Gasteiger partial charge on any atom is -0.450 e. The van der Waals surface area contributed by atoms with E-state index in [1.807, 2.05) is 33.8 Å². The summed E-state index contributed by atoms with van der Waals surface area (Å²) in [5, 5.41) is 63.8. The molecule has 18 nitrogen and oxygen atoms in total. The van der Waals surface area contributed by atoms with E-state index >= 15 is 13.2 Å². The molecule has 0 amide bonds. The lowest BCUT2D eigenvalue weighted by Gasteiger charge is -2.63. The predicted molar refractivity (Wildman–Crippen MR) is 340 cm³/mol. The molecular weight excluding hydrogens is 1250 g/mol. The molecule has 0 aromatic heterocycles. The number of unbranched alkanes of at least 4 members (excludes halogenated alkanes) is 1. The van der Waals surface area contributed by atoms with Crippen molar-refractivity contribution >= 4 is 40.7 Å². The van der Waals surface area contributed by atoms with Crippen molar-refractivity contribution in [3.63, 3.8) is 0 Å². The molecule has 0 aromatic rings. The lowest BCUT2D eigenvalue weighted by atomic mass is 9.44. The van der Waals surface area contributed by atoms with E-state index in [-0.39, 0.29) is 84.1 Å². The van der Waals surface area contributed by atoms with Gasteiger partial charge in [-0.1, -0.05) is 77.3 Å². The molecule has 21 heteroatoms. The Morgan fingerprint density at radius 1 is 0.583 bits per heavy atom. The number of esters is 1. The monoisotopic (exact) mass is 1340 g/mol. The molecule has 2 heterocycles. The molecule has 2 aliphatic heterocycles. The van der Waals surface area contributed by atoms with Gasteiger partial charge >= 0.3 is 5.97 Å². The second-order valence-electron chi connectivity index (χ2n) is 33.2. The maximum absolute atomic E-state index is 17.3. The number of allylic oxidation sites excluding steroid dienone is 12. The molecule has 12 aliphatic carbocycles. The lowest BCUT2D eigenvalue weighted by Crippen LogP contribution is -2.71. The number of ether oxygens (including phenoxy) is 5. The molecule has 9 saturated carbocycles. The Balaban J connectivity index is 0.000000138. The first kappa shape index (κ1) is 71.2. The van der Waals surface area contributed by atoms with Gasteiger partial charge in [-0.15, -0.1) is 0 Å². The van der Waals surface area contributed by atoms with Gasteiger partial charge in [0.2, 0.25) is 5.78 Å². The van der Waals surface area contributed by atoms with E-state index in [0.29, 0.717) is 44.1 Å². The second-order valence-corrected chi connectivity index (χ2v) is 33.2. The number of hydrogen-bond donors (Lipinski definition) is 6. The molecule has 0 radical (unpaired) electrons. The summed E-state index contributed by atoms with van der Waals surface area (Å²) in [5.74, 6) is -7.10. The fourth-order valence-corrected chi connectivity index (χ4v) is 24.0. The molecule has 0 unspecified atom stereocenters. The molecule has 14 rings (SSSR count). The van der Waals surface area contributed by atoms with Crippen LogP contribution in [0.5, 0.6) is 0 Å². The zero-order chi connectivity index (χ0) is 70.3. The first-order valence-electron chi connectivity index (χ1n) is 35.0. The summed E-state index contributed by atoms with van der Waals surface area (Å²) in [7, 11) is 0. The summed E-state index contributed by atoms with van der Waals surface area (Å²) in [4.78, 5) is 88.3. The van der Waals surface area contributed by atoms with Crippen LogP contribution in [0.25, 0.3) is 0 Å². The predicted octanol–water partition coefficient (Wildman–Crippen LogP) is 8.33. The summed E-state index contributed by atoms with van der Waals surface area (Å²) in [6, 6.07) is 0. The molecule has 528 valence electrons. The summed E-state index contributed by atoms with van der Waals surface area (Å²) in [6.45, 7) is 19.6. The van der Waals surface area contributed by atoms with E-state index in [2.05, 4.69) is 6.92 Å². The molecule has 0 aromatic carbocycles. The van der Waals surface area contributed by atoms with Crippen molar-refractivity contribution in [1.29, 1.82) is 0 Å². The average Bonchev–Trinajstić information content (AvgIpc) is 1.41. The number of aliphatic hydroxyl groups is 6. The highest BCUT2D eigenvalue weighted by Crippen LogP contribution is 2.75. The van der Waals surface area contributed by atoms with Crippen molar-refractivity contribution in [2.45, 2.75) is 249 Å². The summed E-state index contributed by atoms with van der Waals surface area (Å²) in [5.41, 5.74) is -12.5. The molecule has 6 N–H and O–H groups in total. The van der Waals surface area contributed by atoms with E-state index in [0.717, 1.165) is 30.9 Å². The standard InChI is InChI=1S/C27H37FO6.C24H30F2O6.C24H32O6/c1-5-6-7-23(33)34-27(22(32)15-29)16(2)12-20-19-9-8-17-13-18(30)10-11-24(17,3)26(19,28)21(31)14-25(20,27)4;1-20(2)31-19-9-13-14-8-16(25)15-7-12(28)5-6-21(15,3)23(14,26)17(29)10-22(13,4)24(19,32-20)18(30)11-27;1-21(2)29-19-10-16-15-6-5-13-9-14(26)7-8-22(13,3)20(15)17(27)11-23(16,4)24(19,30-21)18(28)12-25/h10-11,13,16,19-21,29,31H,5-9,12,14-15H2,1-4H3;5-7,13-14,16-17,19,27,29H,8-11H2,1-4H3;7-9,15-17,19-20,25,27H,5-6,10-12H2,1-4H3/t16-,19-,20-,21-,24-,25-,26-,27-;13-,14-,16-,17-,19+,21-,22-,23-,24+;15-,16-,17-,19+,20+,22-,23-,24+/m000/s1. The SMILES string of the molecule is CC1(C)O[C@@H]2C[C@H]3[C@@H]4CCC5=CC(=O)C=C[C@]5(C)[C@H]4[C@@H](O)C[C@]3(C)[C@]2(C(=O)CO)O1.CC1(C)O[C@@H]2C[C@H]3[C@@H]4C[C@H](F)C5=CC(=O)C=C[C@]5(C)[C@@]4(F)[C@@H](O)C[C@]3(C)[C@]2(C(=O)CO)O1.CCCCC(=O)O[C@]1(C(=O)CO)[C@@H](C)C[C@H]2[C@@H]3CCC4=CC(=O)C=C[C@]4(C)[C@@]3(F)[C@@H](O)C[C@@]21C. The number of Topliss-reactive ketones (excluding diaryl/α,β-unsaturated/α-hetero) is 3. The van der Waals surface area contributed by atoms with Crippen molar-refractivity contribution in [2.24, 2.45) is 79.8 Å². The van der Waals surface area contributed by atoms with Gasteiger partial charge in [0.25, 0.3) is 0 Å². The van der Waals surface area contributed by atoms with Crippen LogP contribution in [0.15, 0.2) is 71.4 Å². The van der Waals surface area contributed by atoms with Crippen LogP contribution in [-0.2, 0) is 57.2 Å². The van der Waals surface area contributed by atoms with Crippen molar-refractivity contribution in [2.75, 3.05) is 19.8 Å². The van der Waals surface area contributed by atoms with Crippen LogP contribution >= 0.6 is 0 Å². The quantitative estimate of drug-likeness (QED) is 0.112. The third-order valence-corrected chi connectivity index (χ3v) is 28.0. The zero-order valence-electron chi connectivity index (χ0n) is 57.5. The minimum atomic E-state index is -2.24. The van der Waals surface area contributed by atoms with Crippen LogP contribution in [0.3, 0.4) is 0 Å². The summed E-state index contributed by atoms with van der Waals surface area (Å²) in [6.07, 6.45) is 12.8. The zero-order valence-corrected chi connectivity index (χ0v) is 57.5. The van der Waals surface area contributed by atoms with Crippen molar-refractivity contribution in [1.82, 2.24) is 0 Å². The highest BCUT2D eigenvalue weighted by atomic mass is 19.2. The smallest absolute Gasteiger partial charge is 0.306 e. The van der Waals surface area contributed by atoms with Crippen LogP contribution < -0.4 is 0 Å². The number of carbonyl (C=O) groups is 7. The average molecular weight is 1350 g/mol. The lowest BCUT2D eigenvalue weighted by molar-refractivity contribution is -0.248. The maximum atomic E-state index is 17.3. The number of carbonyl (C=O) groups excluding carboxylic acids is 7. The third-order valence-electron chi connectivity index (χ3n) is 28.0. The summed E-state index contributed by atoms with van der Waals surface area (Å²) < 4.78 is 80.6. The van der Waals surface area contributed by atoms with Gasteiger partial charge in [-0.3, -0.25) is 33.6 Å². The molecule has 11 fully saturated rings. The van der Waals surface area contributed by atoms with Crippen LogP contribution in [0.4, 0.5) is 13.2 Å². The van der Waals surface area contributed by atoms with Crippen LogP contribution in [-0.4, -0.2) is 168 Å². The van der Waals surface area contributed by atoms with Gasteiger partial charge in [0.1, 0.15) is 26.0 Å². The van der Waals surface area contributed by atoms with Gasteiger partial charge in [0, 0.05) is 62.6 Å². The van der Waals surface area contributed by atoms with Crippen molar-refractivity contribution in [3.8, 4) is 0 Å². The highest BCUT2D eigenvalue weighted by molar-refractivity contribution is 6.03. The fraction of sp³-hybridized carbons (Fsp3) is 0.747. The normalized spacial score (nSPS) is 49.6. The molecule has 25 atom stereocenters. The number of rotatable bonds is 10. The number of hydrogen-bond acceptors (Lipinski definition) is 18. The minimum absolute atomic E-state index is 0.0167. The van der Waals surface area contributed by atoms with Crippen LogP contribution in [0.2, 0.25) is 0 Å². The second kappa shape index (κ2) is 23.2. The van der Waals surface area contributed by atoms with Gasteiger partial charge < -0.3 is 54.3 Å². The Bertz CT molecular complexity index is 3500. The number of alkyl halides is 3. The Morgan fingerprint density at radius 2 is 1.07 bits per heavy atom. The number of ketones is 6. The first-order chi connectivity index (χ1) is 44.7. The maximum Gasteiger partial charge on any atom is 0.306 e. The Kier molecular flexibility index (Phi) is 17.2. The molecule has 0 bridgehead atoms. The molecule has 14 aliphatic rings. The number of aliphatic hydroxyl groups excluding tert-OH is 6. The van der Waals surface area contributed by atoms with Gasteiger partial charge in [-0.2, -0.15) is 0 Å². The van der Waals surface area contributed by atoms with E-state index in [4.69, 9.17) is 23.7 Å². The first-order valence-corrected chi connectivity index (χ1v) is 35.0. The third kappa shape index (κ3) is 9.26. The summed E-state index contributed by atoms with van der Waals surface area (Å²) >= 11 is 0. The van der Waals surface area contributed by atoms with Gasteiger partial charge in [-0.05, 0) is 184 Å². The highest BCUT2D eigenvalue weighted by Gasteiger charge is 2.82. The molecule has 2 saturated heterocycles. The van der Waals surface area contributed by atoms with E-state index in [1.165, 1.54) is 31.2 Å². The number of fused-ring (bicyclic) bond motifs is 19. The molecule has 96 heavy (non-hydrogen) atoms. The molecule has 0 spiro atoms. The Hall–Kier alpha value is -4.68. The van der Waals surface area contributed by atoms with Crippen molar-refractivity contribution in [3.05, 3.63) is 71.4 Å². The van der Waals surface area contributed by atoms with Gasteiger partial charge in [-0.25, -0.2) is 13.2 Å². The van der Waals surface area contributed by atoms with E-state index < -0.39 is 170 Å². The van der Waals surface area contributed by atoms with Crippen LogP contribution in [0.1, 0.15) is 173 Å². The number of halogens is 3. The van der Waals surface area contributed by atoms with Gasteiger partial charge in [0.15, 0.2) is 68.6 Å².